The molecule has 0 radical (unpaired) electrons. The molecule has 2 aromatic rings. The van der Waals surface area contributed by atoms with Crippen LogP contribution in [0, 0.1) is 0 Å². The molecule has 0 spiro atoms. The number of methoxy groups -OCH3 is 1. The molecular weight excluding hydrogens is 352 g/mol. The van der Waals surface area contributed by atoms with E-state index in [1.165, 1.54) is 0 Å². The lowest BCUT2D eigenvalue weighted by molar-refractivity contribution is 0.104. The Kier molecular flexibility index (Phi) is 6.55. The number of ketones is 1. The molecule has 0 saturated heterocycles. The maximum atomic E-state index is 12.5. The maximum Gasteiger partial charge on any atom is 0.185 e. The average Bonchev–Trinajstić information content (AvgIpc) is 2.58. The van der Waals surface area contributed by atoms with E-state index in [0.717, 1.165) is 17.1 Å². The topological polar surface area (TPSA) is 44.8 Å². The Bertz CT molecular complexity index is 834. The molecule has 0 aromatic heterocycles. The molecule has 0 bridgehead atoms. The van der Waals surface area contributed by atoms with Crippen LogP contribution >= 0.6 is 0 Å². The van der Waals surface area contributed by atoms with Crippen LogP contribution in [0.3, 0.4) is 0 Å². The van der Waals surface area contributed by atoms with Crippen LogP contribution in [0.2, 0.25) is 0 Å². The van der Waals surface area contributed by atoms with Crippen LogP contribution in [0.15, 0.2) is 48.5 Å². The molecule has 0 aliphatic heterocycles. The second kappa shape index (κ2) is 8.51. The van der Waals surface area contributed by atoms with Gasteiger partial charge in [-0.15, -0.1) is 0 Å². The number of benzene rings is 2. The first-order chi connectivity index (χ1) is 13.0. The van der Waals surface area contributed by atoms with Gasteiger partial charge in [0.15, 0.2) is 5.78 Å². The van der Waals surface area contributed by atoms with Gasteiger partial charge in [-0.05, 0) is 90.1 Å². The lowest BCUT2D eigenvalue weighted by Crippen LogP contribution is -2.24. The molecule has 0 amide bonds. The summed E-state index contributed by atoms with van der Waals surface area (Å²) in [6.07, 6.45) is 3.32. The summed E-state index contributed by atoms with van der Waals surface area (Å²) in [5.41, 5.74) is 0.741. The number of allylic oxidation sites excluding steroid dienone is 1. The fourth-order valence-electron chi connectivity index (χ4n) is 2.50. The first-order valence-electron chi connectivity index (χ1n) is 9.35. The summed E-state index contributed by atoms with van der Waals surface area (Å²) in [6.45, 7) is 12.0. The molecule has 0 saturated carbocycles. The molecule has 4 heteroatoms. The van der Waals surface area contributed by atoms with Crippen molar-refractivity contribution in [2.24, 2.45) is 0 Å². The van der Waals surface area contributed by atoms with E-state index in [9.17, 15) is 4.79 Å². The van der Waals surface area contributed by atoms with E-state index in [-0.39, 0.29) is 17.0 Å². The van der Waals surface area contributed by atoms with Crippen molar-refractivity contribution >= 4 is 11.9 Å². The Morgan fingerprint density at radius 3 is 1.93 bits per heavy atom. The molecule has 4 nitrogen and oxygen atoms in total. The van der Waals surface area contributed by atoms with Gasteiger partial charge < -0.3 is 14.2 Å². The number of rotatable bonds is 6. The average molecular weight is 383 g/mol. The third-order valence-corrected chi connectivity index (χ3v) is 3.61. The van der Waals surface area contributed by atoms with Crippen LogP contribution in [-0.4, -0.2) is 24.1 Å². The Hall–Kier alpha value is -2.75. The van der Waals surface area contributed by atoms with Crippen molar-refractivity contribution in [3.63, 3.8) is 0 Å². The fourth-order valence-corrected chi connectivity index (χ4v) is 2.50. The molecular formula is C24H30O4. The third-order valence-electron chi connectivity index (χ3n) is 3.61. The Balaban J connectivity index is 2.28. The van der Waals surface area contributed by atoms with E-state index in [1.54, 1.807) is 43.5 Å². The highest BCUT2D eigenvalue weighted by Crippen LogP contribution is 2.31. The molecule has 150 valence electrons. The zero-order chi connectivity index (χ0) is 20.9. The van der Waals surface area contributed by atoms with Crippen molar-refractivity contribution in [2.75, 3.05) is 7.11 Å². The van der Waals surface area contributed by atoms with Gasteiger partial charge in [-0.1, -0.05) is 0 Å². The van der Waals surface area contributed by atoms with Crippen LogP contribution in [0.25, 0.3) is 6.08 Å². The predicted molar refractivity (Wildman–Crippen MR) is 114 cm³/mol. The fraction of sp³-hybridized carbons (Fsp3) is 0.375. The third kappa shape index (κ3) is 6.76. The summed E-state index contributed by atoms with van der Waals surface area (Å²) < 4.78 is 17.2. The smallest absolute Gasteiger partial charge is 0.185 e. The highest BCUT2D eigenvalue weighted by Gasteiger charge is 2.17. The van der Waals surface area contributed by atoms with Gasteiger partial charge in [0.05, 0.1) is 7.11 Å². The summed E-state index contributed by atoms with van der Waals surface area (Å²) in [7, 11) is 1.60. The minimum Gasteiger partial charge on any atom is -0.497 e. The van der Waals surface area contributed by atoms with Gasteiger partial charge in [-0.2, -0.15) is 0 Å². The van der Waals surface area contributed by atoms with Gasteiger partial charge in [0, 0.05) is 17.2 Å². The molecule has 28 heavy (non-hydrogen) atoms. The molecule has 0 aliphatic rings. The van der Waals surface area contributed by atoms with Crippen LogP contribution < -0.4 is 14.2 Å². The Morgan fingerprint density at radius 2 is 1.39 bits per heavy atom. The van der Waals surface area contributed by atoms with E-state index >= 15 is 0 Å². The largest absolute Gasteiger partial charge is 0.497 e. The molecule has 0 aliphatic carbocycles. The van der Waals surface area contributed by atoms with E-state index in [1.807, 2.05) is 59.7 Å². The van der Waals surface area contributed by atoms with E-state index in [4.69, 9.17) is 14.2 Å². The van der Waals surface area contributed by atoms with Gasteiger partial charge in [0.25, 0.3) is 0 Å². The molecule has 0 unspecified atom stereocenters. The number of carbonyl (C=O) groups excluding carboxylic acids is 1. The van der Waals surface area contributed by atoms with Crippen molar-refractivity contribution in [3.8, 4) is 17.2 Å². The SMILES string of the molecule is COc1ccc(C(=O)/C=C/c2ccc(OC(C)(C)C)cc2OC(C)(C)C)cc1. The maximum absolute atomic E-state index is 12.5. The number of hydrogen-bond donors (Lipinski definition) is 0. The first-order valence-corrected chi connectivity index (χ1v) is 9.35. The normalized spacial score (nSPS) is 12.1. The van der Waals surface area contributed by atoms with Crippen molar-refractivity contribution in [1.82, 2.24) is 0 Å². The van der Waals surface area contributed by atoms with Crippen LogP contribution in [0.5, 0.6) is 17.2 Å². The number of carbonyl (C=O) groups is 1. The summed E-state index contributed by atoms with van der Waals surface area (Å²) in [4.78, 5) is 12.5. The van der Waals surface area contributed by atoms with Gasteiger partial charge in [-0.3, -0.25) is 4.79 Å². The molecule has 2 rings (SSSR count). The molecule has 0 heterocycles. The zero-order valence-corrected chi connectivity index (χ0v) is 17.8. The standard InChI is InChI=1S/C24H30O4/c1-23(2,3)27-20-14-10-18(22(16-20)28-24(4,5)6)11-15-21(25)17-8-12-19(26-7)13-9-17/h8-16H,1-7H3/b15-11+. The summed E-state index contributed by atoms with van der Waals surface area (Å²) in [5.74, 6) is 2.04. The summed E-state index contributed by atoms with van der Waals surface area (Å²) >= 11 is 0. The Morgan fingerprint density at radius 1 is 0.821 bits per heavy atom. The highest BCUT2D eigenvalue weighted by atomic mass is 16.5. The van der Waals surface area contributed by atoms with Crippen molar-refractivity contribution in [2.45, 2.75) is 52.7 Å². The second-order valence-corrected chi connectivity index (χ2v) is 8.55. The zero-order valence-electron chi connectivity index (χ0n) is 17.8. The Labute approximate surface area is 168 Å². The van der Waals surface area contributed by atoms with Gasteiger partial charge in [-0.25, -0.2) is 0 Å². The lowest BCUT2D eigenvalue weighted by atomic mass is 10.1. The van der Waals surface area contributed by atoms with Gasteiger partial charge >= 0.3 is 0 Å². The van der Waals surface area contributed by atoms with E-state index in [2.05, 4.69) is 0 Å². The van der Waals surface area contributed by atoms with Crippen LogP contribution in [-0.2, 0) is 0 Å². The predicted octanol–water partition coefficient (Wildman–Crippen LogP) is 5.95. The number of ether oxygens (including phenoxy) is 3. The summed E-state index contributed by atoms with van der Waals surface area (Å²) in [5, 5.41) is 0. The van der Waals surface area contributed by atoms with Crippen molar-refractivity contribution in [1.29, 1.82) is 0 Å². The summed E-state index contributed by atoms with van der Waals surface area (Å²) in [6, 6.07) is 12.7. The highest BCUT2D eigenvalue weighted by molar-refractivity contribution is 6.07. The molecule has 0 fully saturated rings. The first kappa shape index (κ1) is 21.5. The quantitative estimate of drug-likeness (QED) is 0.458. The molecule has 0 N–H and O–H groups in total. The van der Waals surface area contributed by atoms with E-state index in [0.29, 0.717) is 11.3 Å². The molecule has 0 atom stereocenters. The van der Waals surface area contributed by atoms with Crippen molar-refractivity contribution < 1.29 is 19.0 Å². The molecule has 2 aromatic carbocycles. The number of hydrogen-bond acceptors (Lipinski definition) is 4. The minimum absolute atomic E-state index is 0.0839. The van der Waals surface area contributed by atoms with Gasteiger partial charge in [0.2, 0.25) is 0 Å². The van der Waals surface area contributed by atoms with Gasteiger partial charge in [0.1, 0.15) is 28.5 Å². The van der Waals surface area contributed by atoms with Crippen LogP contribution in [0.4, 0.5) is 0 Å². The lowest BCUT2D eigenvalue weighted by Gasteiger charge is -2.25. The second-order valence-electron chi connectivity index (χ2n) is 8.55. The van der Waals surface area contributed by atoms with Crippen molar-refractivity contribution in [3.05, 3.63) is 59.7 Å². The monoisotopic (exact) mass is 382 g/mol. The minimum atomic E-state index is -0.372. The van der Waals surface area contributed by atoms with Crippen LogP contribution in [0.1, 0.15) is 57.5 Å². The van der Waals surface area contributed by atoms with E-state index < -0.39 is 0 Å².